The van der Waals surface area contributed by atoms with Crippen LogP contribution in [-0.2, 0) is 24.0 Å². The van der Waals surface area contributed by atoms with Crippen molar-refractivity contribution in [2.24, 2.45) is 5.73 Å². The third kappa shape index (κ3) is 9.19. The molecule has 0 fully saturated rings. The van der Waals surface area contributed by atoms with Gasteiger partial charge < -0.3 is 37.0 Å². The molecule has 148 valence electrons. The number of carbonyl (C=O) groups excluding carboxylic acids is 3. The molecule has 13 heteroatoms. The molecule has 8 N–H and O–H groups in total. The predicted molar refractivity (Wildman–Crippen MR) is 90.3 cm³/mol. The van der Waals surface area contributed by atoms with Crippen LogP contribution in [0, 0.1) is 0 Å². The maximum atomic E-state index is 12.2. The standard InChI is InChI=1S/C13H22N4O8S/c14-6(4-18)11(23)17-8(5-26)13(25)16-7(1-2-9(19)20)12(24)15-3-10(21)22/h6-8,18,26H,1-5,14H2,(H,15,24)(H,16,25)(H,17,23)(H,19,20)(H,21,22). The number of nitrogens with one attached hydrogen (secondary N) is 3. The average Bonchev–Trinajstić information content (AvgIpc) is 2.59. The Morgan fingerprint density at radius 3 is 1.96 bits per heavy atom. The predicted octanol–water partition coefficient (Wildman–Crippen LogP) is -3.73. The number of hydrogen-bond donors (Lipinski definition) is 8. The van der Waals surface area contributed by atoms with Gasteiger partial charge >= 0.3 is 11.9 Å². The molecular weight excluding hydrogens is 372 g/mol. The maximum absolute atomic E-state index is 12.2. The van der Waals surface area contributed by atoms with E-state index < -0.39 is 67.4 Å². The normalized spacial score (nSPS) is 13.8. The molecule has 3 atom stereocenters. The molecule has 3 unspecified atom stereocenters. The van der Waals surface area contributed by atoms with E-state index in [0.29, 0.717) is 0 Å². The van der Waals surface area contributed by atoms with Crippen LogP contribution in [-0.4, -0.2) is 82.0 Å². The average molecular weight is 394 g/mol. The molecule has 3 amide bonds. The molecular formula is C13H22N4O8S. The number of hydrogen-bond acceptors (Lipinski definition) is 8. The minimum absolute atomic E-state index is 0.169. The van der Waals surface area contributed by atoms with Crippen molar-refractivity contribution in [3.05, 3.63) is 0 Å². The number of carboxylic acids is 2. The summed E-state index contributed by atoms with van der Waals surface area (Å²) >= 11 is 3.90. The number of aliphatic hydroxyl groups excluding tert-OH is 1. The summed E-state index contributed by atoms with van der Waals surface area (Å²) in [6.07, 6.45) is -0.755. The van der Waals surface area contributed by atoms with Crippen molar-refractivity contribution in [3.8, 4) is 0 Å². The lowest BCUT2D eigenvalue weighted by molar-refractivity contribution is -0.140. The molecule has 26 heavy (non-hydrogen) atoms. The zero-order chi connectivity index (χ0) is 20.3. The number of aliphatic carboxylic acids is 2. The number of amides is 3. The summed E-state index contributed by atoms with van der Waals surface area (Å²) in [5.74, 6) is -5.27. The van der Waals surface area contributed by atoms with E-state index in [-0.39, 0.29) is 12.2 Å². The summed E-state index contributed by atoms with van der Waals surface area (Å²) in [6.45, 7) is -1.36. The van der Waals surface area contributed by atoms with E-state index in [2.05, 4.69) is 23.3 Å². The number of aliphatic hydroxyl groups is 1. The van der Waals surface area contributed by atoms with Gasteiger partial charge in [0.15, 0.2) is 0 Å². The Balaban J connectivity index is 4.99. The van der Waals surface area contributed by atoms with E-state index in [4.69, 9.17) is 21.1 Å². The van der Waals surface area contributed by atoms with Crippen LogP contribution < -0.4 is 21.7 Å². The molecule has 0 saturated carbocycles. The van der Waals surface area contributed by atoms with E-state index in [1.165, 1.54) is 0 Å². The number of nitrogens with two attached hydrogens (primary N) is 1. The van der Waals surface area contributed by atoms with Crippen LogP contribution in [0.15, 0.2) is 0 Å². The van der Waals surface area contributed by atoms with Crippen molar-refractivity contribution in [1.29, 1.82) is 0 Å². The second kappa shape index (κ2) is 12.1. The molecule has 0 heterocycles. The first-order chi connectivity index (χ1) is 12.1. The smallest absolute Gasteiger partial charge is 0.322 e. The van der Waals surface area contributed by atoms with Gasteiger partial charge in [-0.3, -0.25) is 24.0 Å². The first-order valence-corrected chi connectivity index (χ1v) is 8.04. The van der Waals surface area contributed by atoms with Crippen LogP contribution in [0.3, 0.4) is 0 Å². The molecule has 0 saturated heterocycles. The highest BCUT2D eigenvalue weighted by molar-refractivity contribution is 7.80. The summed E-state index contributed by atoms with van der Waals surface area (Å²) in [4.78, 5) is 56.9. The lowest BCUT2D eigenvalue weighted by atomic mass is 10.1. The molecule has 0 aliphatic carbocycles. The van der Waals surface area contributed by atoms with E-state index in [1.54, 1.807) is 0 Å². The lowest BCUT2D eigenvalue weighted by Gasteiger charge is -2.22. The van der Waals surface area contributed by atoms with E-state index in [1.807, 2.05) is 5.32 Å². The van der Waals surface area contributed by atoms with Crippen molar-refractivity contribution in [3.63, 3.8) is 0 Å². The molecule has 0 bridgehead atoms. The minimum Gasteiger partial charge on any atom is -0.481 e. The molecule has 0 aliphatic rings. The van der Waals surface area contributed by atoms with Crippen molar-refractivity contribution in [1.82, 2.24) is 16.0 Å². The van der Waals surface area contributed by atoms with Gasteiger partial charge in [-0.15, -0.1) is 0 Å². The first kappa shape index (κ1) is 23.6. The summed E-state index contributed by atoms with van der Waals surface area (Å²) in [7, 11) is 0. The number of carbonyl (C=O) groups is 5. The quantitative estimate of drug-likeness (QED) is 0.153. The fraction of sp³-hybridized carbons (Fsp3) is 0.615. The fourth-order valence-electron chi connectivity index (χ4n) is 1.65. The van der Waals surface area contributed by atoms with Crippen molar-refractivity contribution in [2.75, 3.05) is 18.9 Å². The molecule has 0 aromatic rings. The monoisotopic (exact) mass is 394 g/mol. The molecule has 12 nitrogen and oxygen atoms in total. The van der Waals surface area contributed by atoms with Crippen LogP contribution in [0.4, 0.5) is 0 Å². The van der Waals surface area contributed by atoms with Crippen molar-refractivity contribution >= 4 is 42.3 Å². The zero-order valence-corrected chi connectivity index (χ0v) is 14.6. The van der Waals surface area contributed by atoms with Crippen LogP contribution in [0.5, 0.6) is 0 Å². The number of thiol groups is 1. The van der Waals surface area contributed by atoms with Crippen LogP contribution in [0.1, 0.15) is 12.8 Å². The molecule has 0 aromatic heterocycles. The summed E-state index contributed by atoms with van der Waals surface area (Å²) in [6, 6.07) is -3.79. The molecule has 0 aromatic carbocycles. The van der Waals surface area contributed by atoms with Gasteiger partial charge in [0.1, 0.15) is 24.7 Å². The third-order valence-corrected chi connectivity index (χ3v) is 3.41. The molecule has 0 aliphatic heterocycles. The highest BCUT2D eigenvalue weighted by atomic mass is 32.1. The molecule has 0 radical (unpaired) electrons. The van der Waals surface area contributed by atoms with Crippen molar-refractivity contribution in [2.45, 2.75) is 31.0 Å². The van der Waals surface area contributed by atoms with E-state index in [9.17, 15) is 24.0 Å². The van der Waals surface area contributed by atoms with Crippen LogP contribution in [0.25, 0.3) is 0 Å². The van der Waals surface area contributed by atoms with Gasteiger partial charge in [-0.2, -0.15) is 12.6 Å². The van der Waals surface area contributed by atoms with Gasteiger partial charge in [0, 0.05) is 12.2 Å². The van der Waals surface area contributed by atoms with E-state index >= 15 is 0 Å². The fourth-order valence-corrected chi connectivity index (χ4v) is 1.91. The Bertz CT molecular complexity index is 544. The Morgan fingerprint density at radius 1 is 0.923 bits per heavy atom. The Morgan fingerprint density at radius 2 is 1.50 bits per heavy atom. The van der Waals surface area contributed by atoms with Gasteiger partial charge in [0.25, 0.3) is 0 Å². The van der Waals surface area contributed by atoms with Gasteiger partial charge in [-0.05, 0) is 6.42 Å². The van der Waals surface area contributed by atoms with Crippen molar-refractivity contribution < 1.29 is 39.3 Å². The van der Waals surface area contributed by atoms with Crippen LogP contribution in [0.2, 0.25) is 0 Å². The largest absolute Gasteiger partial charge is 0.481 e. The van der Waals surface area contributed by atoms with Gasteiger partial charge in [0.05, 0.1) is 6.61 Å². The first-order valence-electron chi connectivity index (χ1n) is 7.41. The Labute approximate surface area is 153 Å². The van der Waals surface area contributed by atoms with Crippen LogP contribution >= 0.6 is 12.6 Å². The Hall–Kier alpha value is -2.38. The number of carboxylic acid groups (broad SMARTS) is 2. The Kier molecular flexibility index (Phi) is 10.9. The topological polar surface area (TPSA) is 208 Å². The maximum Gasteiger partial charge on any atom is 0.322 e. The van der Waals surface area contributed by atoms with Gasteiger partial charge in [0.2, 0.25) is 17.7 Å². The highest BCUT2D eigenvalue weighted by Gasteiger charge is 2.27. The SMILES string of the molecule is NC(CO)C(=O)NC(CS)C(=O)NC(CCC(=O)O)C(=O)NCC(=O)O. The number of rotatable bonds is 12. The summed E-state index contributed by atoms with van der Waals surface area (Å²) < 4.78 is 0. The molecule has 0 spiro atoms. The highest BCUT2D eigenvalue weighted by Crippen LogP contribution is 2.00. The third-order valence-electron chi connectivity index (χ3n) is 3.04. The summed E-state index contributed by atoms with van der Waals surface area (Å²) in [5.41, 5.74) is 5.31. The summed E-state index contributed by atoms with van der Waals surface area (Å²) in [5, 5.41) is 32.6. The van der Waals surface area contributed by atoms with E-state index in [0.717, 1.165) is 0 Å². The second-order valence-corrected chi connectivity index (χ2v) is 5.50. The lowest BCUT2D eigenvalue weighted by Crippen LogP contribution is -2.57. The minimum atomic E-state index is -1.33. The second-order valence-electron chi connectivity index (χ2n) is 5.14. The zero-order valence-electron chi connectivity index (χ0n) is 13.7. The van der Waals surface area contributed by atoms with Gasteiger partial charge in [-0.1, -0.05) is 0 Å². The molecule has 0 rings (SSSR count). The van der Waals surface area contributed by atoms with Gasteiger partial charge in [-0.25, -0.2) is 0 Å².